The standard InChI is InChI=1S/C15H23N/c1-11-9-13(3)15(14(4)10-11)12(2)7-5-6-8-16/h7,9-10H,5-6,8,16H2,1-4H3/b12-7+. The highest BCUT2D eigenvalue weighted by Crippen LogP contribution is 2.24. The number of rotatable bonds is 4. The van der Waals surface area contributed by atoms with Crippen LogP contribution in [0.5, 0.6) is 0 Å². The van der Waals surface area contributed by atoms with Crippen LogP contribution in [0.3, 0.4) is 0 Å². The molecule has 0 radical (unpaired) electrons. The maximum atomic E-state index is 5.50. The molecule has 1 aromatic rings. The molecular weight excluding hydrogens is 194 g/mol. The van der Waals surface area contributed by atoms with Gasteiger partial charge in [-0.3, -0.25) is 0 Å². The van der Waals surface area contributed by atoms with Crippen molar-refractivity contribution in [1.82, 2.24) is 0 Å². The highest BCUT2D eigenvalue weighted by atomic mass is 14.5. The third-order valence-electron chi connectivity index (χ3n) is 2.93. The lowest BCUT2D eigenvalue weighted by molar-refractivity contribution is 0.855. The van der Waals surface area contributed by atoms with Gasteiger partial charge in [0, 0.05) is 0 Å². The van der Waals surface area contributed by atoms with E-state index < -0.39 is 0 Å². The molecule has 88 valence electrons. The lowest BCUT2D eigenvalue weighted by Crippen LogP contribution is -1.97. The van der Waals surface area contributed by atoms with Crippen molar-refractivity contribution in [2.75, 3.05) is 6.54 Å². The number of hydrogen-bond acceptors (Lipinski definition) is 1. The first-order valence-corrected chi connectivity index (χ1v) is 6.01. The monoisotopic (exact) mass is 217 g/mol. The van der Waals surface area contributed by atoms with Gasteiger partial charge >= 0.3 is 0 Å². The number of hydrogen-bond donors (Lipinski definition) is 1. The normalized spacial score (nSPS) is 11.9. The van der Waals surface area contributed by atoms with Gasteiger partial charge in [0.1, 0.15) is 0 Å². The number of aryl methyl sites for hydroxylation is 3. The molecule has 1 aromatic carbocycles. The fourth-order valence-electron chi connectivity index (χ4n) is 2.34. The van der Waals surface area contributed by atoms with E-state index in [1.54, 1.807) is 0 Å². The van der Waals surface area contributed by atoms with E-state index in [2.05, 4.69) is 45.9 Å². The van der Waals surface area contributed by atoms with Crippen LogP contribution in [0.15, 0.2) is 18.2 Å². The van der Waals surface area contributed by atoms with Gasteiger partial charge in [-0.05, 0) is 69.3 Å². The van der Waals surface area contributed by atoms with Crippen molar-refractivity contribution in [1.29, 1.82) is 0 Å². The summed E-state index contributed by atoms with van der Waals surface area (Å²) in [7, 11) is 0. The summed E-state index contributed by atoms with van der Waals surface area (Å²) in [5.74, 6) is 0. The molecule has 1 heteroatoms. The van der Waals surface area contributed by atoms with Crippen molar-refractivity contribution in [3.63, 3.8) is 0 Å². The molecule has 0 bridgehead atoms. The fourth-order valence-corrected chi connectivity index (χ4v) is 2.34. The van der Waals surface area contributed by atoms with Gasteiger partial charge in [0.15, 0.2) is 0 Å². The number of allylic oxidation sites excluding steroid dienone is 2. The van der Waals surface area contributed by atoms with Crippen LogP contribution in [0.4, 0.5) is 0 Å². The lowest BCUT2D eigenvalue weighted by Gasteiger charge is -2.12. The Hall–Kier alpha value is -1.08. The second-order valence-corrected chi connectivity index (χ2v) is 4.59. The van der Waals surface area contributed by atoms with Crippen molar-refractivity contribution >= 4 is 5.57 Å². The molecule has 16 heavy (non-hydrogen) atoms. The van der Waals surface area contributed by atoms with Gasteiger partial charge in [-0.2, -0.15) is 0 Å². The van der Waals surface area contributed by atoms with Gasteiger partial charge in [-0.15, -0.1) is 0 Å². The summed E-state index contributed by atoms with van der Waals surface area (Å²) in [5, 5.41) is 0. The Kier molecular flexibility index (Phi) is 4.75. The van der Waals surface area contributed by atoms with Gasteiger partial charge in [-0.1, -0.05) is 23.8 Å². The van der Waals surface area contributed by atoms with Crippen LogP contribution in [-0.4, -0.2) is 6.54 Å². The van der Waals surface area contributed by atoms with Gasteiger partial charge in [0.05, 0.1) is 0 Å². The van der Waals surface area contributed by atoms with Crippen molar-refractivity contribution < 1.29 is 0 Å². The molecule has 1 nitrogen and oxygen atoms in total. The van der Waals surface area contributed by atoms with E-state index in [1.807, 2.05) is 0 Å². The van der Waals surface area contributed by atoms with Crippen LogP contribution in [0, 0.1) is 20.8 Å². The minimum atomic E-state index is 0.773. The second-order valence-electron chi connectivity index (χ2n) is 4.59. The van der Waals surface area contributed by atoms with E-state index in [0.29, 0.717) is 0 Å². The molecule has 0 fully saturated rings. The molecule has 0 spiro atoms. The SMILES string of the molecule is C/C(=C\CCCN)c1c(C)cc(C)cc1C. The molecule has 0 saturated carbocycles. The Labute approximate surface area is 99.4 Å². The molecule has 0 aliphatic carbocycles. The van der Waals surface area contributed by atoms with E-state index in [9.17, 15) is 0 Å². The first-order valence-electron chi connectivity index (χ1n) is 6.01. The lowest BCUT2D eigenvalue weighted by atomic mass is 9.94. The number of nitrogens with two attached hydrogens (primary N) is 1. The van der Waals surface area contributed by atoms with Crippen LogP contribution in [0.2, 0.25) is 0 Å². The predicted molar refractivity (Wildman–Crippen MR) is 72.6 cm³/mol. The molecule has 0 heterocycles. The van der Waals surface area contributed by atoms with Crippen molar-refractivity contribution in [3.05, 3.63) is 40.5 Å². The average molecular weight is 217 g/mol. The van der Waals surface area contributed by atoms with Crippen LogP contribution in [0.1, 0.15) is 42.0 Å². The van der Waals surface area contributed by atoms with Crippen LogP contribution < -0.4 is 5.73 Å². The smallest absolute Gasteiger partial charge is 0.00743 e. The second kappa shape index (κ2) is 5.86. The molecular formula is C15H23N. The summed E-state index contributed by atoms with van der Waals surface area (Å²) in [5.41, 5.74) is 12.4. The summed E-state index contributed by atoms with van der Waals surface area (Å²) in [6, 6.07) is 4.51. The Bertz CT molecular complexity index is 365. The minimum absolute atomic E-state index is 0.773. The molecule has 0 atom stereocenters. The zero-order valence-electron chi connectivity index (χ0n) is 10.9. The average Bonchev–Trinajstić information content (AvgIpc) is 2.16. The topological polar surface area (TPSA) is 26.0 Å². The number of unbranched alkanes of at least 4 members (excludes halogenated alkanes) is 1. The molecule has 2 N–H and O–H groups in total. The zero-order valence-corrected chi connectivity index (χ0v) is 10.9. The predicted octanol–water partition coefficient (Wildman–Crippen LogP) is 3.75. The van der Waals surface area contributed by atoms with E-state index in [-0.39, 0.29) is 0 Å². The van der Waals surface area contributed by atoms with Gasteiger partial charge in [0.25, 0.3) is 0 Å². The van der Waals surface area contributed by atoms with Crippen LogP contribution in [-0.2, 0) is 0 Å². The third-order valence-corrected chi connectivity index (χ3v) is 2.93. The molecule has 0 amide bonds. The third kappa shape index (κ3) is 3.21. The van der Waals surface area contributed by atoms with Gasteiger partial charge in [-0.25, -0.2) is 0 Å². The summed E-state index contributed by atoms with van der Waals surface area (Å²) < 4.78 is 0. The molecule has 1 rings (SSSR count). The van der Waals surface area contributed by atoms with Gasteiger partial charge in [0.2, 0.25) is 0 Å². The molecule has 0 aromatic heterocycles. The zero-order chi connectivity index (χ0) is 12.1. The first-order chi connectivity index (χ1) is 7.56. The fraction of sp³-hybridized carbons (Fsp3) is 0.467. The Balaban J connectivity index is 2.99. The largest absolute Gasteiger partial charge is 0.330 e. The first kappa shape index (κ1) is 13.0. The van der Waals surface area contributed by atoms with Crippen molar-refractivity contribution in [2.24, 2.45) is 5.73 Å². The Morgan fingerprint density at radius 3 is 2.25 bits per heavy atom. The molecule has 0 unspecified atom stereocenters. The van der Waals surface area contributed by atoms with Crippen LogP contribution in [0.25, 0.3) is 5.57 Å². The molecule has 0 saturated heterocycles. The maximum Gasteiger partial charge on any atom is -0.00743 e. The van der Waals surface area contributed by atoms with Crippen molar-refractivity contribution in [2.45, 2.75) is 40.5 Å². The van der Waals surface area contributed by atoms with Crippen LogP contribution >= 0.6 is 0 Å². The maximum absolute atomic E-state index is 5.50. The van der Waals surface area contributed by atoms with Gasteiger partial charge < -0.3 is 5.73 Å². The highest BCUT2D eigenvalue weighted by molar-refractivity contribution is 5.69. The summed E-state index contributed by atoms with van der Waals surface area (Å²) in [6.45, 7) is 9.50. The minimum Gasteiger partial charge on any atom is -0.330 e. The molecule has 0 aliphatic heterocycles. The Morgan fingerprint density at radius 1 is 1.19 bits per heavy atom. The summed E-state index contributed by atoms with van der Waals surface area (Å²) >= 11 is 0. The van der Waals surface area contributed by atoms with E-state index in [0.717, 1.165) is 19.4 Å². The highest BCUT2D eigenvalue weighted by Gasteiger charge is 2.04. The molecule has 0 aliphatic rings. The quantitative estimate of drug-likeness (QED) is 0.764. The van der Waals surface area contributed by atoms with E-state index >= 15 is 0 Å². The Morgan fingerprint density at radius 2 is 1.75 bits per heavy atom. The van der Waals surface area contributed by atoms with E-state index in [4.69, 9.17) is 5.73 Å². The summed E-state index contributed by atoms with van der Waals surface area (Å²) in [6.07, 6.45) is 4.45. The van der Waals surface area contributed by atoms with E-state index in [1.165, 1.54) is 27.8 Å². The summed E-state index contributed by atoms with van der Waals surface area (Å²) in [4.78, 5) is 0. The van der Waals surface area contributed by atoms with Crippen molar-refractivity contribution in [3.8, 4) is 0 Å². The number of benzene rings is 1.